The summed E-state index contributed by atoms with van der Waals surface area (Å²) in [5.74, 6) is -0.185. The Hall–Kier alpha value is -2.80. The van der Waals surface area contributed by atoms with Gasteiger partial charge in [-0.25, -0.2) is 14.6 Å². The predicted molar refractivity (Wildman–Crippen MR) is 105 cm³/mol. The summed E-state index contributed by atoms with van der Waals surface area (Å²) in [6, 6.07) is 7.88. The standard InChI is InChI=1S/C19H19N5OS/c1-5-24-17-16(12(4)23-24)13(9-11(3)20-17)18(25)22-19-21-14-7-6-10(2)8-15(14)26-19/h6-9H,5H2,1-4H3,(H,21,22,25). The van der Waals surface area contributed by atoms with E-state index in [4.69, 9.17) is 0 Å². The normalized spacial score (nSPS) is 11.4. The number of benzene rings is 1. The van der Waals surface area contributed by atoms with E-state index < -0.39 is 0 Å². The Bertz CT molecular complexity index is 1160. The number of anilines is 1. The second-order valence-electron chi connectivity index (χ2n) is 6.36. The molecule has 3 aromatic heterocycles. The highest BCUT2D eigenvalue weighted by atomic mass is 32.1. The number of thiazole rings is 1. The number of fused-ring (bicyclic) bond motifs is 2. The summed E-state index contributed by atoms with van der Waals surface area (Å²) in [6.07, 6.45) is 0. The van der Waals surface area contributed by atoms with Crippen molar-refractivity contribution >= 4 is 43.6 Å². The molecule has 0 saturated carbocycles. The maximum atomic E-state index is 13.0. The molecule has 1 N–H and O–H groups in total. The van der Waals surface area contributed by atoms with Gasteiger partial charge in [0, 0.05) is 12.2 Å². The van der Waals surface area contributed by atoms with Gasteiger partial charge in [0.25, 0.3) is 5.91 Å². The largest absolute Gasteiger partial charge is 0.298 e. The first-order valence-corrected chi connectivity index (χ1v) is 9.31. The van der Waals surface area contributed by atoms with Crippen molar-refractivity contribution < 1.29 is 4.79 Å². The minimum Gasteiger partial charge on any atom is -0.298 e. The number of hydrogen-bond acceptors (Lipinski definition) is 5. The van der Waals surface area contributed by atoms with Crippen molar-refractivity contribution in [1.82, 2.24) is 19.7 Å². The van der Waals surface area contributed by atoms with Crippen molar-refractivity contribution in [3.63, 3.8) is 0 Å². The Labute approximate surface area is 154 Å². The maximum absolute atomic E-state index is 13.0. The number of carbonyl (C=O) groups excluding carboxylic acids is 1. The van der Waals surface area contributed by atoms with Crippen LogP contribution in [-0.2, 0) is 6.54 Å². The molecule has 4 rings (SSSR count). The van der Waals surface area contributed by atoms with Gasteiger partial charge in [-0.2, -0.15) is 5.10 Å². The van der Waals surface area contributed by atoms with Crippen molar-refractivity contribution in [2.45, 2.75) is 34.2 Å². The third-order valence-corrected chi connectivity index (χ3v) is 5.25. The molecule has 0 aliphatic carbocycles. The molecule has 0 spiro atoms. The number of nitrogens with one attached hydrogen (secondary N) is 1. The summed E-state index contributed by atoms with van der Waals surface area (Å²) >= 11 is 1.48. The van der Waals surface area contributed by atoms with Crippen LogP contribution in [0.5, 0.6) is 0 Å². The Kier molecular flexibility index (Phi) is 3.96. The van der Waals surface area contributed by atoms with E-state index in [0.717, 1.165) is 32.6 Å². The summed E-state index contributed by atoms with van der Waals surface area (Å²) in [5, 5.41) is 8.84. The molecule has 0 aliphatic rings. The molecule has 0 bridgehead atoms. The first-order valence-electron chi connectivity index (χ1n) is 8.49. The van der Waals surface area contributed by atoms with Crippen LogP contribution >= 0.6 is 11.3 Å². The third kappa shape index (κ3) is 2.74. The van der Waals surface area contributed by atoms with Crippen LogP contribution in [0.1, 0.15) is 34.2 Å². The summed E-state index contributed by atoms with van der Waals surface area (Å²) < 4.78 is 2.89. The molecule has 4 aromatic rings. The predicted octanol–water partition coefficient (Wildman–Crippen LogP) is 4.24. The summed E-state index contributed by atoms with van der Waals surface area (Å²) in [6.45, 7) is 8.56. The van der Waals surface area contributed by atoms with Crippen LogP contribution in [-0.4, -0.2) is 25.7 Å². The lowest BCUT2D eigenvalue weighted by molar-refractivity contribution is 0.102. The van der Waals surface area contributed by atoms with Gasteiger partial charge in [-0.1, -0.05) is 17.4 Å². The molecule has 6 nitrogen and oxygen atoms in total. The lowest BCUT2D eigenvalue weighted by atomic mass is 10.1. The van der Waals surface area contributed by atoms with Crippen LogP contribution in [0.4, 0.5) is 5.13 Å². The second-order valence-corrected chi connectivity index (χ2v) is 7.39. The lowest BCUT2D eigenvalue weighted by Crippen LogP contribution is -2.13. The van der Waals surface area contributed by atoms with Crippen molar-refractivity contribution in [3.8, 4) is 0 Å². The number of aryl methyl sites for hydroxylation is 4. The van der Waals surface area contributed by atoms with E-state index >= 15 is 0 Å². The van der Waals surface area contributed by atoms with E-state index in [0.29, 0.717) is 17.2 Å². The molecule has 0 saturated heterocycles. The lowest BCUT2D eigenvalue weighted by Gasteiger charge is -2.06. The molecule has 0 radical (unpaired) electrons. The van der Waals surface area contributed by atoms with Crippen LogP contribution < -0.4 is 5.32 Å². The summed E-state index contributed by atoms with van der Waals surface area (Å²) in [4.78, 5) is 22.0. The van der Waals surface area contributed by atoms with Gasteiger partial charge in [-0.05, 0) is 51.5 Å². The number of amides is 1. The number of aromatic nitrogens is 4. The quantitative estimate of drug-likeness (QED) is 0.589. The zero-order valence-electron chi connectivity index (χ0n) is 15.1. The summed E-state index contributed by atoms with van der Waals surface area (Å²) in [7, 11) is 0. The second kappa shape index (κ2) is 6.17. The molecule has 132 valence electrons. The molecule has 0 aliphatic heterocycles. The van der Waals surface area contributed by atoms with Crippen LogP contribution in [0.3, 0.4) is 0 Å². The van der Waals surface area contributed by atoms with E-state index in [1.165, 1.54) is 16.9 Å². The third-order valence-electron chi connectivity index (χ3n) is 4.31. The zero-order chi connectivity index (χ0) is 18.4. The van der Waals surface area contributed by atoms with Crippen LogP contribution in [0, 0.1) is 20.8 Å². The molecular weight excluding hydrogens is 346 g/mol. The van der Waals surface area contributed by atoms with Gasteiger partial charge in [-0.3, -0.25) is 10.1 Å². The minimum absolute atomic E-state index is 0.185. The van der Waals surface area contributed by atoms with E-state index in [1.54, 1.807) is 0 Å². The fourth-order valence-corrected chi connectivity index (χ4v) is 4.09. The fourth-order valence-electron chi connectivity index (χ4n) is 3.13. The molecule has 1 aromatic carbocycles. The van der Waals surface area contributed by atoms with Gasteiger partial charge in [0.2, 0.25) is 0 Å². The first kappa shape index (κ1) is 16.7. The Morgan fingerprint density at radius 2 is 2.00 bits per heavy atom. The van der Waals surface area contributed by atoms with Crippen molar-refractivity contribution in [1.29, 1.82) is 0 Å². The fraction of sp³-hybridized carbons (Fsp3) is 0.263. The van der Waals surface area contributed by atoms with E-state index in [-0.39, 0.29) is 5.91 Å². The minimum atomic E-state index is -0.185. The summed E-state index contributed by atoms with van der Waals surface area (Å²) in [5.41, 5.74) is 4.99. The van der Waals surface area contributed by atoms with Gasteiger partial charge in [0.15, 0.2) is 10.8 Å². The first-order chi connectivity index (χ1) is 12.5. The number of nitrogens with zero attached hydrogens (tertiary/aromatic N) is 4. The zero-order valence-corrected chi connectivity index (χ0v) is 15.9. The van der Waals surface area contributed by atoms with Crippen LogP contribution in [0.2, 0.25) is 0 Å². The number of rotatable bonds is 3. The highest BCUT2D eigenvalue weighted by Crippen LogP contribution is 2.28. The van der Waals surface area contributed by atoms with Gasteiger partial charge in [-0.15, -0.1) is 0 Å². The van der Waals surface area contributed by atoms with Crippen LogP contribution in [0.25, 0.3) is 21.3 Å². The average molecular weight is 365 g/mol. The number of pyridine rings is 1. The van der Waals surface area contributed by atoms with Gasteiger partial charge >= 0.3 is 0 Å². The monoisotopic (exact) mass is 365 g/mol. The molecular formula is C19H19N5OS. The topological polar surface area (TPSA) is 72.7 Å². The Morgan fingerprint density at radius 3 is 2.77 bits per heavy atom. The van der Waals surface area contributed by atoms with Crippen molar-refractivity contribution in [2.75, 3.05) is 5.32 Å². The highest BCUT2D eigenvalue weighted by molar-refractivity contribution is 7.22. The van der Waals surface area contributed by atoms with Gasteiger partial charge in [0.05, 0.1) is 26.9 Å². The van der Waals surface area contributed by atoms with E-state index in [2.05, 4.69) is 26.4 Å². The molecule has 26 heavy (non-hydrogen) atoms. The Balaban J connectivity index is 1.76. The molecule has 7 heteroatoms. The number of carbonyl (C=O) groups is 1. The molecule has 3 heterocycles. The van der Waals surface area contributed by atoms with E-state index in [1.807, 2.05) is 50.6 Å². The highest BCUT2D eigenvalue weighted by Gasteiger charge is 2.19. The molecule has 0 atom stereocenters. The van der Waals surface area contributed by atoms with E-state index in [9.17, 15) is 4.79 Å². The average Bonchev–Trinajstić information content (AvgIpc) is 3.13. The maximum Gasteiger partial charge on any atom is 0.258 e. The van der Waals surface area contributed by atoms with Crippen molar-refractivity contribution in [2.24, 2.45) is 0 Å². The molecule has 0 unspecified atom stereocenters. The van der Waals surface area contributed by atoms with Crippen LogP contribution in [0.15, 0.2) is 24.3 Å². The van der Waals surface area contributed by atoms with Crippen molar-refractivity contribution in [3.05, 3.63) is 46.8 Å². The van der Waals surface area contributed by atoms with Gasteiger partial charge < -0.3 is 0 Å². The molecule has 0 fully saturated rings. The number of hydrogen-bond donors (Lipinski definition) is 1. The molecule has 1 amide bonds. The smallest absolute Gasteiger partial charge is 0.258 e. The van der Waals surface area contributed by atoms with Gasteiger partial charge in [0.1, 0.15) is 0 Å². The Morgan fingerprint density at radius 1 is 1.19 bits per heavy atom. The SMILES string of the molecule is CCn1nc(C)c2c(C(=O)Nc3nc4ccc(C)cc4s3)cc(C)nc21.